The maximum absolute atomic E-state index is 12.8. The topological polar surface area (TPSA) is 59.0 Å². The number of alkyl halides is 2. The van der Waals surface area contributed by atoms with E-state index in [1.807, 2.05) is 23.9 Å². The van der Waals surface area contributed by atoms with Crippen molar-refractivity contribution in [1.29, 1.82) is 0 Å². The van der Waals surface area contributed by atoms with Crippen LogP contribution in [0.1, 0.15) is 22.8 Å². The number of halogens is 2. The summed E-state index contributed by atoms with van der Waals surface area (Å²) >= 11 is 0.528. The Balaban J connectivity index is 1.66. The van der Waals surface area contributed by atoms with Gasteiger partial charge in [0.2, 0.25) is 0 Å². The molecule has 0 saturated carbocycles. The van der Waals surface area contributed by atoms with Crippen molar-refractivity contribution in [1.82, 2.24) is 20.4 Å². The van der Waals surface area contributed by atoms with E-state index in [4.69, 9.17) is 0 Å². The highest BCUT2D eigenvalue weighted by molar-refractivity contribution is 8.00. The van der Waals surface area contributed by atoms with Crippen LogP contribution in [-0.2, 0) is 6.54 Å². The molecule has 0 radical (unpaired) electrons. The number of carbonyl (C=O) groups excluding carboxylic acids is 1. The highest BCUT2D eigenvalue weighted by atomic mass is 32.2. The second kappa shape index (κ2) is 7.29. The molecule has 3 rings (SSSR count). The molecule has 1 aromatic heterocycles. The number of amides is 1. The molecule has 0 bridgehead atoms. The zero-order valence-corrected chi connectivity index (χ0v) is 15.1. The normalized spacial score (nSPS) is 15.4. The fourth-order valence-corrected chi connectivity index (χ4v) is 3.41. The minimum atomic E-state index is -2.77. The van der Waals surface area contributed by atoms with Gasteiger partial charge in [0, 0.05) is 61.9 Å². The van der Waals surface area contributed by atoms with Crippen LogP contribution in [0.2, 0.25) is 0 Å². The van der Waals surface area contributed by atoms with Gasteiger partial charge in [-0.1, -0.05) is 11.8 Å². The van der Waals surface area contributed by atoms with Crippen molar-refractivity contribution >= 4 is 28.6 Å². The second-order valence-corrected chi connectivity index (χ2v) is 7.87. The summed E-state index contributed by atoms with van der Waals surface area (Å²) in [5, 5.41) is 8.70. The summed E-state index contributed by atoms with van der Waals surface area (Å²) in [4.78, 5) is 12.3. The molecule has 1 fully saturated rings. The van der Waals surface area contributed by atoms with Crippen molar-refractivity contribution in [2.24, 2.45) is 5.92 Å². The lowest BCUT2D eigenvalue weighted by atomic mass is 10.0. The monoisotopic (exact) mass is 368 g/mol. The number of aryl methyl sites for hydroxylation is 1. The van der Waals surface area contributed by atoms with Crippen molar-refractivity contribution in [3.63, 3.8) is 0 Å². The molecule has 0 unspecified atom stereocenters. The van der Waals surface area contributed by atoms with Crippen molar-refractivity contribution in [2.45, 2.75) is 25.6 Å². The fraction of sp³-hybridized carbons (Fsp3) is 0.529. The number of nitrogens with zero attached hydrogens (tertiary/aromatic N) is 2. The van der Waals surface area contributed by atoms with Gasteiger partial charge in [-0.05, 0) is 24.6 Å². The van der Waals surface area contributed by atoms with E-state index in [1.54, 1.807) is 6.07 Å². The van der Waals surface area contributed by atoms with E-state index in [2.05, 4.69) is 15.7 Å². The van der Waals surface area contributed by atoms with Crippen LogP contribution in [-0.4, -0.2) is 46.3 Å². The number of hydrogen-bond acceptors (Lipinski definition) is 4. The molecule has 0 atom stereocenters. The number of nitrogens with one attached hydrogen (secondary N) is 2. The molecule has 0 spiro atoms. The molecular weight excluding hydrogens is 346 g/mol. The fourth-order valence-electron chi connectivity index (χ4n) is 2.85. The molecule has 1 saturated heterocycles. The number of fused-ring (bicyclic) bond motifs is 1. The Hall–Kier alpha value is -1.67. The van der Waals surface area contributed by atoms with E-state index in [0.717, 1.165) is 43.0 Å². The Morgan fingerprint density at radius 3 is 2.88 bits per heavy atom. The van der Waals surface area contributed by atoms with Crippen LogP contribution in [0.5, 0.6) is 0 Å². The Bertz CT molecular complexity index is 768. The van der Waals surface area contributed by atoms with E-state index in [0.29, 0.717) is 23.2 Å². The van der Waals surface area contributed by atoms with Gasteiger partial charge in [0.1, 0.15) is 0 Å². The lowest BCUT2D eigenvalue weighted by Gasteiger charge is -2.26. The first-order chi connectivity index (χ1) is 11.8. The summed E-state index contributed by atoms with van der Waals surface area (Å²) in [5.41, 5.74) is 2.29. The average Bonchev–Trinajstić information content (AvgIpc) is 2.90. The highest BCUT2D eigenvalue weighted by Gasteiger charge is 2.21. The molecule has 136 valence electrons. The van der Waals surface area contributed by atoms with Crippen LogP contribution >= 0.6 is 11.8 Å². The van der Waals surface area contributed by atoms with Crippen LogP contribution < -0.4 is 10.6 Å². The molecule has 2 aromatic rings. The van der Waals surface area contributed by atoms with Crippen LogP contribution in [0.25, 0.3) is 10.9 Å². The number of thioether (sulfide) groups is 1. The lowest BCUT2D eigenvalue weighted by molar-refractivity contribution is 0.0954. The predicted molar refractivity (Wildman–Crippen MR) is 96.2 cm³/mol. The Kier molecular flexibility index (Phi) is 5.29. The van der Waals surface area contributed by atoms with Gasteiger partial charge in [0.15, 0.2) is 0 Å². The summed E-state index contributed by atoms with van der Waals surface area (Å²) in [6.07, 6.45) is 1.98. The van der Waals surface area contributed by atoms with Gasteiger partial charge in [-0.2, -0.15) is 13.9 Å². The number of aromatic nitrogens is 2. The van der Waals surface area contributed by atoms with Crippen molar-refractivity contribution < 1.29 is 13.6 Å². The molecule has 5 nitrogen and oxygen atoms in total. The average molecular weight is 368 g/mol. The van der Waals surface area contributed by atoms with Gasteiger partial charge < -0.3 is 10.6 Å². The Morgan fingerprint density at radius 2 is 2.24 bits per heavy atom. The smallest absolute Gasteiger partial charge is 0.291 e. The zero-order valence-electron chi connectivity index (χ0n) is 14.3. The lowest BCUT2D eigenvalue weighted by Crippen LogP contribution is -2.44. The molecule has 2 N–H and O–H groups in total. The summed E-state index contributed by atoms with van der Waals surface area (Å²) in [6.45, 7) is 5.84. The van der Waals surface area contributed by atoms with Crippen LogP contribution in [0.15, 0.2) is 18.3 Å². The minimum absolute atomic E-state index is 0.171. The third kappa shape index (κ3) is 4.49. The molecule has 1 aliphatic heterocycles. The molecule has 8 heteroatoms. The van der Waals surface area contributed by atoms with Gasteiger partial charge in [-0.25, -0.2) is 0 Å². The first kappa shape index (κ1) is 18.1. The maximum Gasteiger partial charge on any atom is 0.291 e. The second-order valence-electron chi connectivity index (χ2n) is 6.46. The van der Waals surface area contributed by atoms with Gasteiger partial charge >= 0.3 is 0 Å². The van der Waals surface area contributed by atoms with Gasteiger partial charge in [-0.15, -0.1) is 0 Å². The minimum Gasteiger partial charge on any atom is -0.351 e. The molecular formula is C17H22F2N4OS. The number of rotatable bonds is 7. The van der Waals surface area contributed by atoms with Gasteiger partial charge in [0.25, 0.3) is 11.2 Å². The van der Waals surface area contributed by atoms with Crippen molar-refractivity contribution in [3.8, 4) is 0 Å². The summed E-state index contributed by atoms with van der Waals surface area (Å²) < 4.78 is 27.5. The Labute approximate surface area is 149 Å². The van der Waals surface area contributed by atoms with E-state index in [1.165, 1.54) is 0 Å². The summed E-state index contributed by atoms with van der Waals surface area (Å²) in [7, 11) is 0. The molecule has 1 aliphatic rings. The number of carbonyl (C=O) groups is 1. The maximum atomic E-state index is 12.8. The van der Waals surface area contributed by atoms with E-state index in [-0.39, 0.29) is 18.2 Å². The van der Waals surface area contributed by atoms with E-state index >= 15 is 0 Å². The molecule has 2 heterocycles. The predicted octanol–water partition coefficient (Wildman–Crippen LogP) is 2.64. The number of benzene rings is 1. The van der Waals surface area contributed by atoms with Crippen molar-refractivity contribution in [3.05, 3.63) is 29.5 Å². The van der Waals surface area contributed by atoms with Gasteiger partial charge in [-0.3, -0.25) is 9.48 Å². The SMILES string of the molecule is Cc1c(C(=O)NCCSC(C)(F)F)ccc2nn(CC3CNC3)cc12. The van der Waals surface area contributed by atoms with Crippen molar-refractivity contribution in [2.75, 3.05) is 25.4 Å². The van der Waals surface area contributed by atoms with Gasteiger partial charge in [0.05, 0.1) is 5.52 Å². The van der Waals surface area contributed by atoms with Crippen LogP contribution in [0, 0.1) is 12.8 Å². The van der Waals surface area contributed by atoms with Crippen LogP contribution in [0.3, 0.4) is 0 Å². The zero-order chi connectivity index (χ0) is 18.0. The quantitative estimate of drug-likeness (QED) is 0.738. The van der Waals surface area contributed by atoms with E-state index in [9.17, 15) is 13.6 Å². The Morgan fingerprint density at radius 1 is 1.48 bits per heavy atom. The first-order valence-electron chi connectivity index (χ1n) is 8.31. The standard InChI is InChI=1S/C17H22F2N4OS/c1-11-13(16(24)21-5-6-25-17(2,18)19)3-4-15-14(11)10-23(22-15)9-12-7-20-8-12/h3-4,10,12,20H,5-9H2,1-2H3,(H,21,24). The molecule has 0 aliphatic carbocycles. The van der Waals surface area contributed by atoms with Crippen LogP contribution in [0.4, 0.5) is 8.78 Å². The third-order valence-electron chi connectivity index (χ3n) is 4.31. The third-order valence-corrected chi connectivity index (χ3v) is 5.22. The summed E-state index contributed by atoms with van der Waals surface area (Å²) in [6, 6.07) is 3.58. The first-order valence-corrected chi connectivity index (χ1v) is 9.29. The molecule has 25 heavy (non-hydrogen) atoms. The highest BCUT2D eigenvalue weighted by Crippen LogP contribution is 2.27. The summed E-state index contributed by atoms with van der Waals surface area (Å²) in [5.74, 6) is 0.533. The molecule has 1 aromatic carbocycles. The number of hydrogen-bond donors (Lipinski definition) is 2. The largest absolute Gasteiger partial charge is 0.351 e. The molecule has 1 amide bonds. The van der Waals surface area contributed by atoms with E-state index < -0.39 is 5.25 Å².